The van der Waals surface area contributed by atoms with E-state index in [-0.39, 0.29) is 17.0 Å². The normalized spacial score (nSPS) is 10.4. The highest BCUT2D eigenvalue weighted by Gasteiger charge is 2.14. The number of nitrogens with zero attached hydrogens (tertiary/aromatic N) is 2. The second-order valence-electron chi connectivity index (χ2n) is 5.78. The Morgan fingerprint density at radius 2 is 1.44 bits per heavy atom. The lowest BCUT2D eigenvalue weighted by Crippen LogP contribution is -3.00. The fourth-order valence-electron chi connectivity index (χ4n) is 2.86. The Morgan fingerprint density at radius 1 is 0.760 bits per heavy atom. The minimum atomic E-state index is 0. The first-order valence-electron chi connectivity index (χ1n) is 8.10. The third kappa shape index (κ3) is 3.91. The van der Waals surface area contributed by atoms with E-state index in [0.29, 0.717) is 6.61 Å². The maximum atomic E-state index is 6.02. The van der Waals surface area contributed by atoms with Gasteiger partial charge in [-0.1, -0.05) is 60.7 Å². The number of halogens is 1. The summed E-state index contributed by atoms with van der Waals surface area (Å²) in [6.45, 7) is 1.41. The first-order valence-corrected chi connectivity index (χ1v) is 8.10. The number of hydrogen-bond acceptors (Lipinski definition) is 1. The van der Waals surface area contributed by atoms with Crippen molar-refractivity contribution in [2.45, 2.75) is 13.2 Å². The molecule has 2 heterocycles. The zero-order valence-corrected chi connectivity index (χ0v) is 15.3. The number of hydrogen-bond donors (Lipinski definition) is 0. The molecule has 0 atom stereocenters. The summed E-state index contributed by atoms with van der Waals surface area (Å²) >= 11 is 0. The largest absolute Gasteiger partial charge is 1.00 e. The molecular weight excluding hydrogens is 376 g/mol. The van der Waals surface area contributed by atoms with Crippen LogP contribution in [0.15, 0.2) is 91.3 Å². The van der Waals surface area contributed by atoms with E-state index >= 15 is 0 Å². The molecular formula is C21H19BrN2O. The number of aromatic nitrogens is 2. The Morgan fingerprint density at radius 3 is 2.16 bits per heavy atom. The predicted octanol–water partition coefficient (Wildman–Crippen LogP) is 0.858. The van der Waals surface area contributed by atoms with Crippen LogP contribution in [0, 0.1) is 0 Å². The van der Waals surface area contributed by atoms with Crippen molar-refractivity contribution in [1.29, 1.82) is 0 Å². The van der Waals surface area contributed by atoms with Gasteiger partial charge in [-0.25, -0.2) is 4.57 Å². The molecule has 0 aliphatic carbocycles. The predicted molar refractivity (Wildman–Crippen MR) is 93.9 cm³/mol. The molecule has 4 heteroatoms. The Bertz CT molecular complexity index is 936. The molecule has 0 radical (unpaired) electrons. The first kappa shape index (κ1) is 17.2. The van der Waals surface area contributed by atoms with Crippen molar-refractivity contribution < 1.29 is 26.1 Å². The monoisotopic (exact) mass is 394 g/mol. The number of rotatable bonds is 5. The summed E-state index contributed by atoms with van der Waals surface area (Å²) in [5.74, 6) is 0.850. The van der Waals surface area contributed by atoms with Crippen LogP contribution in [0.3, 0.4) is 0 Å². The van der Waals surface area contributed by atoms with Crippen molar-refractivity contribution in [3.63, 3.8) is 0 Å². The van der Waals surface area contributed by atoms with Gasteiger partial charge >= 0.3 is 0 Å². The number of imidazole rings is 1. The smallest absolute Gasteiger partial charge is 0.289 e. The average Bonchev–Trinajstić information content (AvgIpc) is 3.05. The topological polar surface area (TPSA) is 18.3 Å². The maximum Gasteiger partial charge on any atom is 0.289 e. The Hall–Kier alpha value is -2.59. The molecule has 4 rings (SSSR count). The van der Waals surface area contributed by atoms with Crippen molar-refractivity contribution in [3.05, 3.63) is 102 Å². The van der Waals surface area contributed by atoms with E-state index in [1.54, 1.807) is 0 Å². The summed E-state index contributed by atoms with van der Waals surface area (Å²) in [6.07, 6.45) is 4.15. The van der Waals surface area contributed by atoms with Crippen LogP contribution in [-0.4, -0.2) is 4.57 Å². The van der Waals surface area contributed by atoms with E-state index in [4.69, 9.17) is 4.74 Å². The highest BCUT2D eigenvalue weighted by Crippen LogP contribution is 2.12. The molecule has 0 saturated heterocycles. The summed E-state index contributed by atoms with van der Waals surface area (Å²) < 4.78 is 10.3. The van der Waals surface area contributed by atoms with E-state index in [1.807, 2.05) is 36.4 Å². The van der Waals surface area contributed by atoms with Crippen molar-refractivity contribution in [2.24, 2.45) is 0 Å². The van der Waals surface area contributed by atoms with Crippen LogP contribution in [0.1, 0.15) is 11.1 Å². The van der Waals surface area contributed by atoms with Crippen LogP contribution in [0.4, 0.5) is 0 Å². The number of fused-ring (bicyclic) bond motifs is 1. The third-order valence-electron chi connectivity index (χ3n) is 4.08. The van der Waals surface area contributed by atoms with Crippen molar-refractivity contribution in [3.8, 4) is 5.88 Å². The van der Waals surface area contributed by atoms with Crippen LogP contribution in [0.5, 0.6) is 5.88 Å². The molecule has 0 aliphatic rings. The molecule has 0 aliphatic heterocycles. The van der Waals surface area contributed by atoms with Crippen LogP contribution in [0.25, 0.3) is 5.65 Å². The second-order valence-corrected chi connectivity index (χ2v) is 5.78. The van der Waals surface area contributed by atoms with E-state index in [1.165, 1.54) is 11.1 Å². The lowest BCUT2D eigenvalue weighted by Gasteiger charge is -2.05. The second kappa shape index (κ2) is 7.99. The zero-order chi connectivity index (χ0) is 16.2. The van der Waals surface area contributed by atoms with Gasteiger partial charge in [0.05, 0.1) is 0 Å². The van der Waals surface area contributed by atoms with Crippen LogP contribution >= 0.6 is 0 Å². The van der Waals surface area contributed by atoms with Crippen LogP contribution < -0.4 is 26.1 Å². The minimum Gasteiger partial charge on any atom is -1.00 e. The molecule has 2 aromatic heterocycles. The fourth-order valence-corrected chi connectivity index (χ4v) is 2.86. The number of pyridine rings is 1. The van der Waals surface area contributed by atoms with Gasteiger partial charge in [0, 0.05) is 12.1 Å². The van der Waals surface area contributed by atoms with Crippen molar-refractivity contribution in [2.75, 3.05) is 0 Å². The standard InChI is InChI=1S/C21H19N2O.BrH/c1-3-8-18(9-4-1)16-22-14-15-23-20(22)12-7-13-21(23)24-17-19-10-5-2-6-11-19;/h1-15H,16-17H2;1H/q+1;/p-1. The molecule has 0 spiro atoms. The number of benzene rings is 2. The summed E-state index contributed by atoms with van der Waals surface area (Å²) in [5, 5.41) is 0. The highest BCUT2D eigenvalue weighted by atomic mass is 79.9. The lowest BCUT2D eigenvalue weighted by molar-refractivity contribution is -0.521. The summed E-state index contributed by atoms with van der Waals surface area (Å²) in [5.41, 5.74) is 3.56. The fraction of sp³-hybridized carbons (Fsp3) is 0.0952. The van der Waals surface area contributed by atoms with Gasteiger partial charge in [0.25, 0.3) is 11.5 Å². The van der Waals surface area contributed by atoms with Gasteiger partial charge in [0.15, 0.2) is 0 Å². The summed E-state index contributed by atoms with van der Waals surface area (Å²) in [4.78, 5) is 0. The van der Waals surface area contributed by atoms with E-state index < -0.39 is 0 Å². The third-order valence-corrected chi connectivity index (χ3v) is 4.08. The molecule has 3 nitrogen and oxygen atoms in total. The highest BCUT2D eigenvalue weighted by molar-refractivity contribution is 5.34. The summed E-state index contributed by atoms with van der Waals surface area (Å²) in [6, 6.07) is 26.9. The van der Waals surface area contributed by atoms with Crippen molar-refractivity contribution >= 4 is 5.65 Å². The van der Waals surface area contributed by atoms with E-state index in [0.717, 1.165) is 18.1 Å². The quantitative estimate of drug-likeness (QED) is 0.459. The zero-order valence-electron chi connectivity index (χ0n) is 13.8. The molecule has 4 aromatic rings. The maximum absolute atomic E-state index is 6.02. The van der Waals surface area contributed by atoms with Crippen LogP contribution in [-0.2, 0) is 13.2 Å². The van der Waals surface area contributed by atoms with Gasteiger partial charge in [-0.05, 0) is 17.2 Å². The number of ether oxygens (including phenoxy) is 1. The average molecular weight is 395 g/mol. The van der Waals surface area contributed by atoms with Crippen LogP contribution in [0.2, 0.25) is 0 Å². The first-order chi connectivity index (χ1) is 11.9. The van der Waals surface area contributed by atoms with Gasteiger partial charge in [-0.15, -0.1) is 0 Å². The van der Waals surface area contributed by atoms with Gasteiger partial charge in [0.2, 0.25) is 0 Å². The minimum absolute atomic E-state index is 0. The van der Waals surface area contributed by atoms with Gasteiger partial charge in [0.1, 0.15) is 25.5 Å². The van der Waals surface area contributed by atoms with E-state index in [2.05, 4.69) is 63.8 Å². The molecule has 0 bridgehead atoms. The Balaban J connectivity index is 0.00000182. The van der Waals surface area contributed by atoms with Gasteiger partial charge < -0.3 is 21.7 Å². The lowest BCUT2D eigenvalue weighted by atomic mass is 10.2. The van der Waals surface area contributed by atoms with E-state index in [9.17, 15) is 0 Å². The van der Waals surface area contributed by atoms with Gasteiger partial charge in [-0.3, -0.25) is 0 Å². The molecule has 2 aromatic carbocycles. The molecule has 0 N–H and O–H groups in total. The van der Waals surface area contributed by atoms with Crippen molar-refractivity contribution in [1.82, 2.24) is 4.57 Å². The summed E-state index contributed by atoms with van der Waals surface area (Å²) in [7, 11) is 0. The van der Waals surface area contributed by atoms with Gasteiger partial charge in [-0.2, -0.15) is 4.40 Å². The molecule has 0 saturated carbocycles. The molecule has 0 fully saturated rings. The Kier molecular flexibility index (Phi) is 5.51. The molecule has 25 heavy (non-hydrogen) atoms. The Labute approximate surface area is 157 Å². The molecule has 0 unspecified atom stereocenters. The molecule has 126 valence electrons. The SMILES string of the molecule is [Br-].c1ccc(COc2cccc3n(Cc4ccccc4)cc[n+]23)cc1. The molecule has 0 amide bonds.